The summed E-state index contributed by atoms with van der Waals surface area (Å²) in [5, 5.41) is 25.4. The zero-order valence-corrected chi connectivity index (χ0v) is 12.2. The SMILES string of the molecule is N#C[S-].N#C[S-].N#C[S-].[K+].[Mn+2]. The molecule has 0 spiro atoms. The summed E-state index contributed by atoms with van der Waals surface area (Å²) in [7, 11) is 0. The van der Waals surface area contributed by atoms with Crippen LogP contribution in [0.4, 0.5) is 0 Å². The summed E-state index contributed by atoms with van der Waals surface area (Å²) in [6.45, 7) is 0. The first-order valence-corrected chi connectivity index (χ1v) is 2.51. The topological polar surface area (TPSA) is 71.4 Å². The Morgan fingerprint density at radius 3 is 0.727 bits per heavy atom. The average Bonchev–Trinajstić information content (AvgIpc) is 1.70. The van der Waals surface area contributed by atoms with E-state index >= 15 is 0 Å². The molecule has 0 heterocycles. The Balaban J connectivity index is -0.0000000150. The van der Waals surface area contributed by atoms with Crippen LogP contribution in [-0.2, 0) is 55.0 Å². The molecule has 1 radical (unpaired) electrons. The van der Waals surface area contributed by atoms with Crippen molar-refractivity contribution >= 4 is 37.9 Å². The zero-order valence-electron chi connectivity index (χ0n) is 5.44. The van der Waals surface area contributed by atoms with Crippen LogP contribution in [0.5, 0.6) is 0 Å². The second-order valence-corrected chi connectivity index (χ2v) is 0.822. The third-order valence-electron chi connectivity index (χ3n) is 0. The molecule has 0 saturated heterocycles. The molecule has 0 atom stereocenters. The van der Waals surface area contributed by atoms with Gasteiger partial charge in [-0.25, -0.2) is 15.8 Å². The Hall–Kier alpha value is 1.29. The van der Waals surface area contributed by atoms with E-state index in [-0.39, 0.29) is 68.5 Å². The maximum Gasteiger partial charge on any atom is 2.00 e. The van der Waals surface area contributed by atoms with Crippen molar-refractivity contribution in [2.45, 2.75) is 0 Å². The summed E-state index contributed by atoms with van der Waals surface area (Å²) in [4.78, 5) is 0. The average molecular weight is 268 g/mol. The first kappa shape index (κ1) is 29.5. The number of nitriles is 3. The molecule has 0 unspecified atom stereocenters. The van der Waals surface area contributed by atoms with Crippen LogP contribution in [-0.4, -0.2) is 0 Å². The molecular weight excluding hydrogens is 268 g/mol. The van der Waals surface area contributed by atoms with Crippen molar-refractivity contribution in [2.24, 2.45) is 0 Å². The second-order valence-electron chi connectivity index (χ2n) is 0.274. The van der Waals surface area contributed by atoms with Crippen molar-refractivity contribution in [3.8, 4) is 16.2 Å². The molecule has 3 nitrogen and oxygen atoms in total. The minimum Gasteiger partial charge on any atom is -0.696 e. The molecule has 0 amide bonds. The van der Waals surface area contributed by atoms with Gasteiger partial charge in [0.05, 0.1) is 0 Å². The molecule has 11 heavy (non-hydrogen) atoms. The molecule has 0 aliphatic heterocycles. The smallest absolute Gasteiger partial charge is 0.696 e. The van der Waals surface area contributed by atoms with E-state index in [1.807, 2.05) is 0 Å². The number of rotatable bonds is 0. The van der Waals surface area contributed by atoms with E-state index in [1.165, 1.54) is 16.2 Å². The van der Waals surface area contributed by atoms with E-state index in [1.54, 1.807) is 0 Å². The fraction of sp³-hybridized carbons (Fsp3) is 0. The van der Waals surface area contributed by atoms with E-state index in [2.05, 4.69) is 37.9 Å². The van der Waals surface area contributed by atoms with Gasteiger partial charge < -0.3 is 37.9 Å². The molecule has 0 saturated carbocycles. The Bertz CT molecular complexity index is 117. The predicted molar refractivity (Wildman–Crippen MR) is 38.9 cm³/mol. The van der Waals surface area contributed by atoms with Gasteiger partial charge in [0.2, 0.25) is 0 Å². The molecular formula is C3KMnN3S3. The summed E-state index contributed by atoms with van der Waals surface area (Å²) in [5.74, 6) is 0. The number of hydrogen-bond donors (Lipinski definition) is 0. The van der Waals surface area contributed by atoms with E-state index in [4.69, 9.17) is 15.8 Å². The van der Waals surface area contributed by atoms with Gasteiger partial charge in [0.15, 0.2) is 0 Å². The van der Waals surface area contributed by atoms with Gasteiger partial charge >= 0.3 is 68.5 Å². The van der Waals surface area contributed by atoms with Crippen molar-refractivity contribution in [2.75, 3.05) is 0 Å². The third-order valence-corrected chi connectivity index (χ3v) is 0. The van der Waals surface area contributed by atoms with Gasteiger partial charge in [-0.2, -0.15) is 0 Å². The fourth-order valence-electron chi connectivity index (χ4n) is 0. The van der Waals surface area contributed by atoms with Gasteiger partial charge in [-0.3, -0.25) is 0 Å². The fourth-order valence-corrected chi connectivity index (χ4v) is 0. The van der Waals surface area contributed by atoms with Crippen LogP contribution in [0.3, 0.4) is 0 Å². The Labute approximate surface area is 136 Å². The van der Waals surface area contributed by atoms with E-state index in [0.29, 0.717) is 0 Å². The van der Waals surface area contributed by atoms with E-state index in [9.17, 15) is 0 Å². The zero-order chi connectivity index (χ0) is 8.12. The van der Waals surface area contributed by atoms with Crippen LogP contribution in [0.25, 0.3) is 0 Å². The Kier molecular flexibility index (Phi) is 174. The van der Waals surface area contributed by atoms with Crippen molar-refractivity contribution in [3.05, 3.63) is 0 Å². The Morgan fingerprint density at radius 1 is 0.727 bits per heavy atom. The normalized spacial score (nSPS) is 1.91. The molecule has 0 aromatic heterocycles. The van der Waals surface area contributed by atoms with Gasteiger partial charge in [0.1, 0.15) is 0 Å². The minimum atomic E-state index is 0. The standard InChI is InChI=1S/3CHNS.K.Mn/c3*2-1-3;;/h3*3H;;/q;;;+1;+2/p-3. The van der Waals surface area contributed by atoms with Crippen LogP contribution in [0.15, 0.2) is 0 Å². The summed E-state index contributed by atoms with van der Waals surface area (Å²) in [6.07, 6.45) is 0. The van der Waals surface area contributed by atoms with Gasteiger partial charge in [0.25, 0.3) is 0 Å². The predicted octanol–water partition coefficient (Wildman–Crippen LogP) is -2.96. The summed E-state index contributed by atoms with van der Waals surface area (Å²) in [6, 6.07) is 0. The summed E-state index contributed by atoms with van der Waals surface area (Å²) >= 11 is 11.1. The van der Waals surface area contributed by atoms with Crippen molar-refractivity contribution in [3.63, 3.8) is 0 Å². The summed E-state index contributed by atoms with van der Waals surface area (Å²) in [5.41, 5.74) is 0. The molecule has 53 valence electrons. The Morgan fingerprint density at radius 2 is 0.727 bits per heavy atom. The van der Waals surface area contributed by atoms with Crippen LogP contribution in [0.2, 0.25) is 0 Å². The molecule has 0 aliphatic carbocycles. The van der Waals surface area contributed by atoms with E-state index < -0.39 is 0 Å². The maximum atomic E-state index is 7.13. The molecule has 0 N–H and O–H groups in total. The largest absolute Gasteiger partial charge is 2.00 e. The second kappa shape index (κ2) is 65.0. The third kappa shape index (κ3) is 589. The van der Waals surface area contributed by atoms with Gasteiger partial charge in [-0.05, 0) is 0 Å². The molecule has 0 aromatic rings. The van der Waals surface area contributed by atoms with Crippen LogP contribution in [0, 0.1) is 32.0 Å². The molecule has 8 heteroatoms. The number of nitrogens with zero attached hydrogens (tertiary/aromatic N) is 3. The van der Waals surface area contributed by atoms with Crippen molar-refractivity contribution < 1.29 is 68.5 Å². The summed E-state index contributed by atoms with van der Waals surface area (Å²) < 4.78 is 0. The van der Waals surface area contributed by atoms with E-state index in [0.717, 1.165) is 0 Å². The number of hydrogen-bond acceptors (Lipinski definition) is 6. The molecule has 0 aliphatic rings. The first-order valence-electron chi connectivity index (χ1n) is 1.28. The quantitative estimate of drug-likeness (QED) is 0.266. The van der Waals surface area contributed by atoms with Gasteiger partial charge in [-0.15, -0.1) is 0 Å². The van der Waals surface area contributed by atoms with Crippen LogP contribution >= 0.6 is 0 Å². The van der Waals surface area contributed by atoms with Crippen LogP contribution in [0.1, 0.15) is 0 Å². The molecule has 0 rings (SSSR count). The maximum absolute atomic E-state index is 7.13. The molecule has 0 bridgehead atoms. The number of thiocyanates is 3. The first-order chi connectivity index (χ1) is 4.24. The van der Waals surface area contributed by atoms with Gasteiger partial charge in [0, 0.05) is 0 Å². The van der Waals surface area contributed by atoms with Crippen molar-refractivity contribution in [1.29, 1.82) is 15.8 Å². The minimum absolute atomic E-state index is 0. The molecule has 0 fully saturated rings. The van der Waals surface area contributed by atoms with Gasteiger partial charge in [-0.1, -0.05) is 16.2 Å². The monoisotopic (exact) mass is 268 g/mol. The molecule has 0 aromatic carbocycles. The van der Waals surface area contributed by atoms with Crippen molar-refractivity contribution in [1.82, 2.24) is 0 Å². The van der Waals surface area contributed by atoms with Crippen LogP contribution < -0.4 is 51.4 Å².